The fourth-order valence-corrected chi connectivity index (χ4v) is 4.23. The summed E-state index contributed by atoms with van der Waals surface area (Å²) in [5.41, 5.74) is 5.47. The first-order chi connectivity index (χ1) is 10.4. The maximum Gasteiger partial charge on any atom is 0.146 e. The van der Waals surface area contributed by atoms with E-state index in [2.05, 4.69) is 72.8 Å². The van der Waals surface area contributed by atoms with E-state index in [0.29, 0.717) is 11.8 Å². The van der Waals surface area contributed by atoms with Crippen molar-refractivity contribution >= 4 is 22.6 Å². The van der Waals surface area contributed by atoms with Gasteiger partial charge in [0.1, 0.15) is 10.5 Å². The molecule has 0 bridgehead atoms. The molecule has 0 radical (unpaired) electrons. The van der Waals surface area contributed by atoms with Crippen molar-refractivity contribution in [1.29, 1.82) is 0 Å². The Balaban J connectivity index is 1.72. The topological polar surface area (TPSA) is 9.23 Å². The molecule has 2 atom stereocenters. The van der Waals surface area contributed by atoms with Crippen LogP contribution in [0.1, 0.15) is 34.1 Å². The van der Waals surface area contributed by atoms with Gasteiger partial charge in [0.2, 0.25) is 0 Å². The van der Waals surface area contributed by atoms with Gasteiger partial charge in [-0.3, -0.25) is 0 Å². The molecule has 2 heteroatoms. The zero-order chi connectivity index (χ0) is 14.2. The van der Waals surface area contributed by atoms with Crippen molar-refractivity contribution in [1.82, 2.24) is 0 Å². The van der Waals surface area contributed by atoms with Crippen LogP contribution in [0.3, 0.4) is 0 Å². The van der Waals surface area contributed by atoms with Crippen molar-refractivity contribution in [2.24, 2.45) is 0 Å². The molecule has 2 aromatic rings. The van der Waals surface area contributed by atoms with Crippen LogP contribution in [-0.2, 0) is 4.43 Å². The molecule has 4 rings (SSSR count). The van der Waals surface area contributed by atoms with Crippen LogP contribution in [0.4, 0.5) is 0 Å². The van der Waals surface area contributed by atoms with Crippen LogP contribution in [0.5, 0.6) is 0 Å². The van der Waals surface area contributed by atoms with E-state index in [-0.39, 0.29) is 6.10 Å². The molecule has 0 saturated heterocycles. The Morgan fingerprint density at radius 1 is 0.762 bits per heavy atom. The average molecular weight is 290 g/mol. The largest absolute Gasteiger partial charge is 0.423 e. The van der Waals surface area contributed by atoms with Crippen molar-refractivity contribution in [2.45, 2.75) is 17.9 Å². The van der Waals surface area contributed by atoms with Gasteiger partial charge >= 0.3 is 0 Å². The lowest BCUT2D eigenvalue weighted by Gasteiger charge is -2.28. The van der Waals surface area contributed by atoms with Gasteiger partial charge in [0.15, 0.2) is 0 Å². The lowest BCUT2D eigenvalue weighted by Crippen LogP contribution is -2.25. The van der Waals surface area contributed by atoms with Crippen LogP contribution in [0.25, 0.3) is 12.2 Å². The molecule has 0 aliphatic heterocycles. The molecule has 0 spiro atoms. The highest BCUT2D eigenvalue weighted by Crippen LogP contribution is 2.42. The summed E-state index contributed by atoms with van der Waals surface area (Å²) in [6.07, 6.45) is 9.29. The van der Waals surface area contributed by atoms with Crippen molar-refractivity contribution in [3.8, 4) is 0 Å². The molecule has 2 aliphatic carbocycles. The molecule has 104 valence electrons. The summed E-state index contributed by atoms with van der Waals surface area (Å²) in [6, 6.07) is 17.3. The van der Waals surface area contributed by atoms with Gasteiger partial charge in [0.05, 0.1) is 6.10 Å². The normalized spacial score (nSPS) is 23.2. The Morgan fingerprint density at radius 3 is 1.71 bits per heavy atom. The molecular formula is C19H18OSi. The van der Waals surface area contributed by atoms with Crippen LogP contribution in [0, 0.1) is 0 Å². The highest BCUT2D eigenvalue weighted by Gasteiger charge is 2.33. The van der Waals surface area contributed by atoms with E-state index >= 15 is 0 Å². The van der Waals surface area contributed by atoms with Crippen molar-refractivity contribution in [2.75, 3.05) is 0 Å². The number of fused-ring (bicyclic) bond motifs is 2. The molecule has 0 N–H and O–H groups in total. The minimum Gasteiger partial charge on any atom is -0.423 e. The minimum absolute atomic E-state index is 0.205. The Morgan fingerprint density at radius 2 is 1.24 bits per heavy atom. The van der Waals surface area contributed by atoms with Crippen molar-refractivity contribution in [3.05, 3.63) is 82.9 Å². The van der Waals surface area contributed by atoms with E-state index in [0.717, 1.165) is 10.5 Å². The van der Waals surface area contributed by atoms with Crippen molar-refractivity contribution in [3.63, 3.8) is 0 Å². The molecular weight excluding hydrogens is 272 g/mol. The van der Waals surface area contributed by atoms with Crippen LogP contribution >= 0.6 is 0 Å². The second-order valence-corrected chi connectivity index (χ2v) is 6.20. The quantitative estimate of drug-likeness (QED) is 0.788. The second kappa shape index (κ2) is 5.13. The van der Waals surface area contributed by atoms with Crippen molar-refractivity contribution < 1.29 is 4.43 Å². The Labute approximate surface area is 128 Å². The third-order valence-electron chi connectivity index (χ3n) is 4.66. The standard InChI is InChI=1S/C19H18OSi/c21-20-19(17-11-9-13-5-1-3-7-15(13)17)18-12-10-14-6-2-4-8-16(14)18/h1-12,17-19H,21H3. The first-order valence-electron chi connectivity index (χ1n) is 7.45. The maximum atomic E-state index is 6.07. The molecule has 1 nitrogen and oxygen atoms in total. The molecule has 2 aromatic carbocycles. The summed E-state index contributed by atoms with van der Waals surface area (Å²) >= 11 is 0. The third-order valence-corrected chi connectivity index (χ3v) is 5.20. The molecule has 2 aliphatic rings. The minimum atomic E-state index is 0.205. The second-order valence-electron chi connectivity index (χ2n) is 5.73. The number of hydrogen-bond acceptors (Lipinski definition) is 1. The maximum absolute atomic E-state index is 6.07. The first kappa shape index (κ1) is 12.8. The molecule has 21 heavy (non-hydrogen) atoms. The number of benzene rings is 2. The van der Waals surface area contributed by atoms with Crippen LogP contribution < -0.4 is 0 Å². The smallest absolute Gasteiger partial charge is 0.146 e. The molecule has 0 amide bonds. The lowest BCUT2D eigenvalue weighted by atomic mass is 9.84. The molecule has 2 unspecified atom stereocenters. The van der Waals surface area contributed by atoms with Crippen LogP contribution in [-0.4, -0.2) is 16.6 Å². The zero-order valence-corrected chi connectivity index (χ0v) is 14.1. The summed E-state index contributed by atoms with van der Waals surface area (Å²) in [5.74, 6) is 0.721. The van der Waals surface area contributed by atoms with E-state index < -0.39 is 0 Å². The van der Waals surface area contributed by atoms with Gasteiger partial charge < -0.3 is 4.43 Å². The predicted octanol–water partition coefficient (Wildman–Crippen LogP) is 3.27. The number of hydrogen-bond donors (Lipinski definition) is 0. The van der Waals surface area contributed by atoms with Crippen LogP contribution in [0.15, 0.2) is 60.7 Å². The molecule has 0 aromatic heterocycles. The lowest BCUT2D eigenvalue weighted by molar-refractivity contribution is 0.189. The van der Waals surface area contributed by atoms with Gasteiger partial charge in [0.25, 0.3) is 0 Å². The van der Waals surface area contributed by atoms with Crippen LogP contribution in [0.2, 0.25) is 0 Å². The molecule has 0 heterocycles. The summed E-state index contributed by atoms with van der Waals surface area (Å²) in [5, 5.41) is 0. The molecule has 0 saturated carbocycles. The Kier molecular flexibility index (Phi) is 3.13. The van der Waals surface area contributed by atoms with Gasteiger partial charge in [-0.05, 0) is 22.3 Å². The third kappa shape index (κ3) is 2.03. The molecule has 0 fully saturated rings. The zero-order valence-electron chi connectivity index (χ0n) is 12.1. The van der Waals surface area contributed by atoms with Gasteiger partial charge in [0, 0.05) is 11.8 Å². The highest BCUT2D eigenvalue weighted by molar-refractivity contribution is 5.98. The van der Waals surface area contributed by atoms with E-state index in [4.69, 9.17) is 4.43 Å². The van der Waals surface area contributed by atoms with E-state index in [9.17, 15) is 0 Å². The Hall–Kier alpha value is -1.90. The first-order valence-corrected chi connectivity index (χ1v) is 8.27. The van der Waals surface area contributed by atoms with Gasteiger partial charge in [-0.2, -0.15) is 0 Å². The summed E-state index contributed by atoms with van der Waals surface area (Å²) in [4.78, 5) is 0. The van der Waals surface area contributed by atoms with Gasteiger partial charge in [-0.15, -0.1) is 0 Å². The summed E-state index contributed by atoms with van der Waals surface area (Å²) in [6.45, 7) is 0. The summed E-state index contributed by atoms with van der Waals surface area (Å²) in [7, 11) is 0.758. The van der Waals surface area contributed by atoms with E-state index in [1.54, 1.807) is 0 Å². The van der Waals surface area contributed by atoms with E-state index in [1.807, 2.05) is 0 Å². The fraction of sp³-hybridized carbons (Fsp3) is 0.158. The average Bonchev–Trinajstić information content (AvgIpc) is 3.14. The van der Waals surface area contributed by atoms with Gasteiger partial charge in [-0.1, -0.05) is 72.8 Å². The monoisotopic (exact) mass is 290 g/mol. The number of rotatable bonds is 3. The fourth-order valence-electron chi connectivity index (χ4n) is 3.64. The SMILES string of the molecule is [SiH3]OC(C1C=Cc2ccccc21)C1C=Cc2ccccc21. The predicted molar refractivity (Wildman–Crippen MR) is 91.2 cm³/mol. The van der Waals surface area contributed by atoms with E-state index in [1.165, 1.54) is 22.3 Å². The highest BCUT2D eigenvalue weighted by atomic mass is 28.2. The van der Waals surface area contributed by atoms with Gasteiger partial charge in [-0.25, -0.2) is 0 Å². The Bertz CT molecular complexity index is 670. The summed E-state index contributed by atoms with van der Waals surface area (Å²) < 4.78 is 6.07.